The summed E-state index contributed by atoms with van der Waals surface area (Å²) >= 11 is 0. The minimum atomic E-state index is -1.15. The van der Waals surface area contributed by atoms with Crippen LogP contribution in [0, 0.1) is 43.4 Å². The van der Waals surface area contributed by atoms with Crippen molar-refractivity contribution in [1.82, 2.24) is 20.3 Å². The van der Waals surface area contributed by atoms with Gasteiger partial charge in [-0.2, -0.15) is 0 Å². The summed E-state index contributed by atoms with van der Waals surface area (Å²) < 4.78 is 11.1. The molecule has 0 spiro atoms. The van der Waals surface area contributed by atoms with Crippen LogP contribution in [0.3, 0.4) is 0 Å². The Hall–Kier alpha value is -5.12. The number of carbonyl (C=O) groups excluding carboxylic acids is 4. The lowest BCUT2D eigenvalue weighted by Crippen LogP contribution is -2.39. The topological polar surface area (TPSA) is 146 Å². The van der Waals surface area contributed by atoms with Gasteiger partial charge in [0.05, 0.1) is 24.2 Å². The zero-order chi connectivity index (χ0) is 47.1. The Morgan fingerprint density at radius 2 is 1.43 bits per heavy atom. The van der Waals surface area contributed by atoms with Gasteiger partial charge in [-0.05, 0) is 135 Å². The van der Waals surface area contributed by atoms with Crippen molar-refractivity contribution in [2.45, 2.75) is 159 Å². The molecule has 0 saturated carbocycles. The van der Waals surface area contributed by atoms with E-state index in [1.54, 1.807) is 0 Å². The first-order valence-electron chi connectivity index (χ1n) is 24.6. The Balaban J connectivity index is 1.23. The molecule has 0 radical (unpaired) electrons. The third kappa shape index (κ3) is 11.0. The summed E-state index contributed by atoms with van der Waals surface area (Å²) in [6.07, 6.45) is 22.3. The summed E-state index contributed by atoms with van der Waals surface area (Å²) in [7, 11) is 1.31. The highest BCUT2D eigenvalue weighted by molar-refractivity contribution is 6.19. The van der Waals surface area contributed by atoms with Crippen LogP contribution in [-0.4, -0.2) is 58.7 Å². The molecule has 3 aliphatic rings. The summed E-state index contributed by atoms with van der Waals surface area (Å²) in [5, 5.41) is 6.88. The van der Waals surface area contributed by atoms with E-state index in [1.165, 1.54) is 57.6 Å². The van der Waals surface area contributed by atoms with Crippen LogP contribution >= 0.6 is 0 Å². The fraction of sp³-hybridized carbons (Fsp3) is 0.564. The van der Waals surface area contributed by atoms with Gasteiger partial charge in [-0.25, -0.2) is 0 Å². The Labute approximate surface area is 386 Å². The molecule has 8 bridgehead atoms. The van der Waals surface area contributed by atoms with Crippen molar-refractivity contribution in [3.63, 3.8) is 0 Å². The minimum Gasteiger partial charge on any atom is -0.468 e. The van der Waals surface area contributed by atoms with Crippen LogP contribution < -0.4 is 26.7 Å². The number of aromatic amines is 3. The predicted molar refractivity (Wildman–Crippen MR) is 261 cm³/mol. The lowest BCUT2D eigenvalue weighted by molar-refractivity contribution is -0.143. The molecular formula is C55H76N4O6. The van der Waals surface area contributed by atoms with Crippen LogP contribution in [0.15, 0.2) is 22.9 Å². The molecule has 0 saturated heterocycles. The third-order valence-electron chi connectivity index (χ3n) is 14.7. The molecule has 1 unspecified atom stereocenters. The Morgan fingerprint density at radius 1 is 0.785 bits per heavy atom. The molecule has 65 heavy (non-hydrogen) atoms. The number of ether oxygens (including phenoxy) is 2. The molecule has 352 valence electrons. The van der Waals surface area contributed by atoms with Gasteiger partial charge in [0.25, 0.3) is 0 Å². The van der Waals surface area contributed by atoms with Crippen molar-refractivity contribution in [2.24, 2.45) is 29.6 Å². The van der Waals surface area contributed by atoms with Gasteiger partial charge in [-0.1, -0.05) is 92.1 Å². The highest BCUT2D eigenvalue weighted by atomic mass is 16.5. The highest BCUT2D eigenvalue weighted by Gasteiger charge is 2.47. The van der Waals surface area contributed by atoms with Crippen molar-refractivity contribution in [3.8, 4) is 0 Å². The third-order valence-corrected chi connectivity index (χ3v) is 14.7. The summed E-state index contributed by atoms with van der Waals surface area (Å²) in [5.74, 6) is -0.290. The first-order valence-corrected chi connectivity index (χ1v) is 24.6. The van der Waals surface area contributed by atoms with Crippen LogP contribution in [0.1, 0.15) is 180 Å². The number of carbonyl (C=O) groups is 4. The number of Topliss-reactive ketones (excluding diaryl/α,β-unsaturated/α-hetero) is 1. The second-order valence-electron chi connectivity index (χ2n) is 19.8. The maximum absolute atomic E-state index is 14.4. The van der Waals surface area contributed by atoms with Crippen LogP contribution in [0.25, 0.3) is 23.8 Å². The SMILES string of the molecule is CCc1c2[nH]c(c1C=O)/C=c1\[nH]/c(c(C)c1CC)=C\C1=C(C)[C@H](CCC(=O)OC/C=C(\C)CCC[C@@H](C)CCC[C@H](C)CCCC(C)C)C(N1)C1=c3[nH]/c(c(C)c3C(=O)[C@@H]1C(=O)OC)=C\2. The average Bonchev–Trinajstić information content (AvgIpc) is 4.02. The fourth-order valence-corrected chi connectivity index (χ4v) is 10.7. The Morgan fingerprint density at radius 3 is 2.08 bits per heavy atom. The molecule has 3 aromatic rings. The molecule has 4 N–H and O–H groups in total. The molecule has 6 rings (SSSR count). The number of H-pyrrole nitrogens is 3. The molecule has 0 amide bonds. The van der Waals surface area contributed by atoms with E-state index >= 15 is 0 Å². The van der Waals surface area contributed by atoms with Crippen LogP contribution in [0.5, 0.6) is 0 Å². The summed E-state index contributed by atoms with van der Waals surface area (Å²) in [5.41, 5.74) is 10.1. The van der Waals surface area contributed by atoms with E-state index in [0.717, 1.165) is 81.7 Å². The lowest BCUT2D eigenvalue weighted by Gasteiger charge is -2.26. The largest absolute Gasteiger partial charge is 0.468 e. The number of rotatable bonds is 21. The highest BCUT2D eigenvalue weighted by Crippen LogP contribution is 2.40. The number of fused-ring (bicyclic) bond motifs is 8. The first-order chi connectivity index (χ1) is 31.1. The molecule has 5 atom stereocenters. The molecule has 0 fully saturated rings. The van der Waals surface area contributed by atoms with Gasteiger partial charge in [-0.3, -0.25) is 19.2 Å². The lowest BCUT2D eigenvalue weighted by atomic mass is 9.82. The van der Waals surface area contributed by atoms with Gasteiger partial charge in [-0.15, -0.1) is 0 Å². The van der Waals surface area contributed by atoms with E-state index in [2.05, 4.69) is 81.7 Å². The minimum absolute atomic E-state index is 0.169. The van der Waals surface area contributed by atoms with Crippen molar-refractivity contribution >= 4 is 47.8 Å². The summed E-state index contributed by atoms with van der Waals surface area (Å²) in [4.78, 5) is 64.9. The number of nitrogens with one attached hydrogen (secondary N) is 4. The molecule has 1 aliphatic carbocycles. The van der Waals surface area contributed by atoms with Crippen molar-refractivity contribution in [2.75, 3.05) is 13.7 Å². The van der Waals surface area contributed by atoms with E-state index in [1.807, 2.05) is 32.1 Å². The number of aromatic nitrogens is 3. The number of hydrogen-bond acceptors (Lipinski definition) is 7. The predicted octanol–water partition coefficient (Wildman–Crippen LogP) is 8.38. The van der Waals surface area contributed by atoms with E-state index in [4.69, 9.17) is 9.47 Å². The average molecular weight is 889 g/mol. The van der Waals surface area contributed by atoms with E-state index in [9.17, 15) is 19.2 Å². The number of methoxy groups -OCH3 is 1. The Bertz CT molecular complexity index is 2580. The number of allylic oxidation sites excluding steroid dienone is 2. The van der Waals surface area contributed by atoms with E-state index in [0.29, 0.717) is 57.4 Å². The second kappa shape index (κ2) is 21.9. The molecular weight excluding hydrogens is 813 g/mol. The maximum atomic E-state index is 14.4. The number of hydrogen-bond donors (Lipinski definition) is 4. The molecule has 10 nitrogen and oxygen atoms in total. The van der Waals surface area contributed by atoms with Gasteiger partial charge >= 0.3 is 11.9 Å². The zero-order valence-corrected chi connectivity index (χ0v) is 41.2. The second-order valence-corrected chi connectivity index (χ2v) is 19.8. The number of aldehydes is 1. The van der Waals surface area contributed by atoms with Gasteiger partial charge in [0, 0.05) is 50.9 Å². The van der Waals surface area contributed by atoms with Crippen molar-refractivity contribution in [1.29, 1.82) is 0 Å². The first kappa shape index (κ1) is 49.3. The van der Waals surface area contributed by atoms with Gasteiger partial charge in [0.15, 0.2) is 12.1 Å². The molecule has 2 aliphatic heterocycles. The smallest absolute Gasteiger partial charge is 0.320 e. The van der Waals surface area contributed by atoms with Gasteiger partial charge in [0.1, 0.15) is 12.5 Å². The van der Waals surface area contributed by atoms with Gasteiger partial charge < -0.3 is 29.7 Å². The zero-order valence-electron chi connectivity index (χ0n) is 41.2. The van der Waals surface area contributed by atoms with E-state index in [-0.39, 0.29) is 30.7 Å². The Kier molecular flexibility index (Phi) is 16.6. The van der Waals surface area contributed by atoms with Crippen LogP contribution in [0.4, 0.5) is 0 Å². The van der Waals surface area contributed by atoms with Gasteiger partial charge in [0.2, 0.25) is 0 Å². The van der Waals surface area contributed by atoms with Crippen molar-refractivity contribution < 1.29 is 28.7 Å². The summed E-state index contributed by atoms with van der Waals surface area (Å²) in [6, 6.07) is -0.498. The van der Waals surface area contributed by atoms with Crippen molar-refractivity contribution in [3.05, 3.63) is 89.1 Å². The van der Waals surface area contributed by atoms with Crippen LogP contribution in [-0.2, 0) is 31.9 Å². The maximum Gasteiger partial charge on any atom is 0.320 e. The molecule has 0 aromatic carbocycles. The monoisotopic (exact) mass is 889 g/mol. The fourth-order valence-electron chi connectivity index (χ4n) is 10.7. The molecule has 10 heteroatoms. The molecule has 5 heterocycles. The van der Waals surface area contributed by atoms with E-state index < -0.39 is 17.9 Å². The number of ketones is 1. The summed E-state index contributed by atoms with van der Waals surface area (Å²) in [6.45, 7) is 21.9. The quantitative estimate of drug-likeness (QED) is 0.0364. The standard InChI is InChI=1S/C55H76N4O6/c1-12-38-35(8)42-27-43-36(9)40(23-24-48(61)65-26-25-34(7)22-16-21-33(6)20-15-19-32(5)18-14-17-31(3)4)52(58-43)50-51(55(63)64-11)54(62)49-37(10)44(59-53(49)50)28-46-39(13-2)41(30-60)47(57-46)29-45(38)56-42/h25,27-33,40,51-52,56-59H,12-24,26H2,1-11H3/b34-25+,42-27-,44-28-,45-29-/t32-,33+,40+,51-,52?/m1/s1. The van der Waals surface area contributed by atoms with Crippen LogP contribution in [0.2, 0.25) is 0 Å². The normalized spacial score (nSPS) is 20.5. The number of esters is 2. The molecule has 3 aromatic heterocycles.